The van der Waals surface area contributed by atoms with Crippen LogP contribution in [0, 0.1) is 0 Å². The number of halogens is 1. The van der Waals surface area contributed by atoms with E-state index in [0.29, 0.717) is 12.4 Å². The van der Waals surface area contributed by atoms with Gasteiger partial charge >= 0.3 is 0 Å². The summed E-state index contributed by atoms with van der Waals surface area (Å²) in [6.07, 6.45) is 5.45. The molecule has 1 amide bonds. The molecule has 0 radical (unpaired) electrons. The smallest absolute Gasteiger partial charge is 0.252 e. The number of rotatable bonds is 6. The van der Waals surface area contributed by atoms with E-state index < -0.39 is 5.91 Å². The van der Waals surface area contributed by atoms with Gasteiger partial charge in [-0.3, -0.25) is 4.79 Å². The number of benzene rings is 1. The molecule has 122 valence electrons. The third-order valence-electron chi connectivity index (χ3n) is 3.44. The Balaban J connectivity index is 1.66. The summed E-state index contributed by atoms with van der Waals surface area (Å²) in [7, 11) is 0. The average Bonchev–Trinajstić information content (AvgIpc) is 3.08. The molecular weight excluding hydrogens is 328 g/mol. The molecule has 1 aromatic carbocycles. The quantitative estimate of drug-likeness (QED) is 0.714. The Kier molecular flexibility index (Phi) is 4.72. The summed E-state index contributed by atoms with van der Waals surface area (Å²) in [5.74, 6) is -0.292. The number of nitrogens with zero attached hydrogens (tertiary/aromatic N) is 4. The summed E-state index contributed by atoms with van der Waals surface area (Å²) in [6, 6.07) is 9.49. The fourth-order valence-corrected chi connectivity index (χ4v) is 2.37. The van der Waals surface area contributed by atoms with Crippen LogP contribution in [-0.2, 0) is 13.1 Å². The van der Waals surface area contributed by atoms with Crippen molar-refractivity contribution in [1.82, 2.24) is 19.7 Å². The van der Waals surface area contributed by atoms with Crippen LogP contribution in [0.4, 0.5) is 5.82 Å². The number of carbonyl (C=O) groups is 1. The molecule has 3 aromatic rings. The lowest BCUT2D eigenvalue weighted by Gasteiger charge is -2.09. The molecule has 2 heterocycles. The summed E-state index contributed by atoms with van der Waals surface area (Å²) < 4.78 is 2.00. The number of nitrogens with two attached hydrogens (primary N) is 1. The van der Waals surface area contributed by atoms with Gasteiger partial charge in [0.2, 0.25) is 0 Å². The number of anilines is 1. The van der Waals surface area contributed by atoms with E-state index in [4.69, 9.17) is 17.3 Å². The molecule has 0 fully saturated rings. The molecule has 7 nitrogen and oxygen atoms in total. The standard InChI is InChI=1S/C16H15ClN6O/c17-14-7-13(15(18)24)16(22-21-14)20-8-11-1-3-12(4-2-11)9-23-6-5-19-10-23/h1-7,10H,8-9H2,(H2,18,24)(H,20,22). The second-order valence-corrected chi connectivity index (χ2v) is 5.59. The molecule has 0 saturated carbocycles. The van der Waals surface area contributed by atoms with E-state index in [9.17, 15) is 4.79 Å². The molecule has 0 saturated heterocycles. The van der Waals surface area contributed by atoms with Gasteiger partial charge in [-0.15, -0.1) is 10.2 Å². The predicted octanol–water partition coefficient (Wildman–Crippen LogP) is 2.09. The van der Waals surface area contributed by atoms with Crippen LogP contribution in [0.2, 0.25) is 5.15 Å². The number of amides is 1. The van der Waals surface area contributed by atoms with Gasteiger partial charge in [0.1, 0.15) is 0 Å². The van der Waals surface area contributed by atoms with E-state index in [1.54, 1.807) is 12.5 Å². The van der Waals surface area contributed by atoms with Crippen molar-refractivity contribution in [2.45, 2.75) is 13.1 Å². The van der Waals surface area contributed by atoms with Gasteiger partial charge in [0.05, 0.1) is 11.9 Å². The minimum absolute atomic E-state index is 0.123. The van der Waals surface area contributed by atoms with Crippen molar-refractivity contribution in [1.29, 1.82) is 0 Å². The third-order valence-corrected chi connectivity index (χ3v) is 3.62. The lowest BCUT2D eigenvalue weighted by atomic mass is 10.1. The summed E-state index contributed by atoms with van der Waals surface area (Å²) in [6.45, 7) is 1.25. The first-order valence-electron chi connectivity index (χ1n) is 7.22. The molecule has 24 heavy (non-hydrogen) atoms. The van der Waals surface area contributed by atoms with Crippen LogP contribution in [0.15, 0.2) is 49.1 Å². The average molecular weight is 343 g/mol. The van der Waals surface area contributed by atoms with E-state index in [2.05, 4.69) is 20.5 Å². The normalized spacial score (nSPS) is 10.5. The maximum absolute atomic E-state index is 11.4. The molecule has 0 aliphatic rings. The van der Waals surface area contributed by atoms with E-state index >= 15 is 0 Å². The van der Waals surface area contributed by atoms with Gasteiger partial charge < -0.3 is 15.6 Å². The second-order valence-electron chi connectivity index (χ2n) is 5.20. The molecule has 3 N–H and O–H groups in total. The lowest BCUT2D eigenvalue weighted by Crippen LogP contribution is -2.16. The molecular formula is C16H15ClN6O. The summed E-state index contributed by atoms with van der Waals surface area (Å²) in [4.78, 5) is 15.5. The fraction of sp³-hybridized carbons (Fsp3) is 0.125. The maximum Gasteiger partial charge on any atom is 0.252 e. The Morgan fingerprint density at radius 3 is 2.62 bits per heavy atom. The summed E-state index contributed by atoms with van der Waals surface area (Å²) >= 11 is 5.74. The van der Waals surface area contributed by atoms with Gasteiger partial charge in [-0.2, -0.15) is 0 Å². The van der Waals surface area contributed by atoms with E-state index in [-0.39, 0.29) is 10.7 Å². The van der Waals surface area contributed by atoms with Gasteiger partial charge in [-0.1, -0.05) is 35.9 Å². The Hall–Kier alpha value is -2.93. The van der Waals surface area contributed by atoms with Gasteiger partial charge in [0.25, 0.3) is 5.91 Å². The first-order chi connectivity index (χ1) is 11.6. The van der Waals surface area contributed by atoms with Crippen molar-refractivity contribution in [2.75, 3.05) is 5.32 Å². The lowest BCUT2D eigenvalue weighted by molar-refractivity contribution is 0.100. The highest BCUT2D eigenvalue weighted by Gasteiger charge is 2.11. The topological polar surface area (TPSA) is 98.7 Å². The van der Waals surface area contributed by atoms with Crippen molar-refractivity contribution in [2.24, 2.45) is 5.73 Å². The summed E-state index contributed by atoms with van der Waals surface area (Å²) in [5, 5.41) is 10.8. The SMILES string of the molecule is NC(=O)c1cc(Cl)nnc1NCc1ccc(Cn2ccnc2)cc1. The molecule has 0 spiro atoms. The number of hydrogen-bond acceptors (Lipinski definition) is 5. The molecule has 2 aromatic heterocycles. The van der Waals surface area contributed by atoms with Crippen LogP contribution >= 0.6 is 11.6 Å². The van der Waals surface area contributed by atoms with Crippen molar-refractivity contribution in [3.63, 3.8) is 0 Å². The molecule has 0 unspecified atom stereocenters. The van der Waals surface area contributed by atoms with Crippen molar-refractivity contribution < 1.29 is 4.79 Å². The number of aromatic nitrogens is 4. The van der Waals surface area contributed by atoms with E-state index in [1.807, 2.05) is 35.0 Å². The number of primary amides is 1. The monoisotopic (exact) mass is 342 g/mol. The maximum atomic E-state index is 11.4. The largest absolute Gasteiger partial charge is 0.365 e. The Labute approximate surface area is 143 Å². The number of nitrogens with one attached hydrogen (secondary N) is 1. The highest BCUT2D eigenvalue weighted by Crippen LogP contribution is 2.16. The fourth-order valence-electron chi connectivity index (χ4n) is 2.23. The Morgan fingerprint density at radius 1 is 1.21 bits per heavy atom. The minimum Gasteiger partial charge on any atom is -0.365 e. The van der Waals surface area contributed by atoms with Crippen molar-refractivity contribution in [3.05, 3.63) is 70.9 Å². The third kappa shape index (κ3) is 3.88. The van der Waals surface area contributed by atoms with Crippen LogP contribution in [-0.4, -0.2) is 25.7 Å². The molecule has 3 rings (SSSR count). The number of imidazole rings is 1. The number of hydrogen-bond donors (Lipinski definition) is 2. The van der Waals surface area contributed by atoms with Crippen LogP contribution in [0.3, 0.4) is 0 Å². The molecule has 0 atom stereocenters. The van der Waals surface area contributed by atoms with Crippen molar-refractivity contribution in [3.8, 4) is 0 Å². The second kappa shape index (κ2) is 7.10. The first-order valence-corrected chi connectivity index (χ1v) is 7.60. The zero-order chi connectivity index (χ0) is 16.9. The van der Waals surface area contributed by atoms with Gasteiger partial charge in [-0.05, 0) is 17.2 Å². The molecule has 8 heteroatoms. The van der Waals surface area contributed by atoms with Crippen LogP contribution < -0.4 is 11.1 Å². The summed E-state index contributed by atoms with van der Waals surface area (Å²) in [5.41, 5.74) is 7.74. The van der Waals surface area contributed by atoms with Crippen LogP contribution in [0.1, 0.15) is 21.5 Å². The highest BCUT2D eigenvalue weighted by atomic mass is 35.5. The zero-order valence-electron chi connectivity index (χ0n) is 12.7. The Bertz CT molecular complexity index is 832. The predicted molar refractivity (Wildman–Crippen MR) is 90.7 cm³/mol. The minimum atomic E-state index is -0.606. The molecule has 0 aliphatic carbocycles. The first kappa shape index (κ1) is 15.9. The highest BCUT2D eigenvalue weighted by molar-refractivity contribution is 6.29. The molecule has 0 bridgehead atoms. The zero-order valence-corrected chi connectivity index (χ0v) is 13.4. The Morgan fingerprint density at radius 2 is 1.96 bits per heavy atom. The van der Waals surface area contributed by atoms with Crippen molar-refractivity contribution >= 4 is 23.3 Å². The van der Waals surface area contributed by atoms with Gasteiger partial charge in [0, 0.05) is 25.5 Å². The van der Waals surface area contributed by atoms with Gasteiger partial charge in [-0.25, -0.2) is 4.98 Å². The van der Waals surface area contributed by atoms with E-state index in [1.165, 1.54) is 11.6 Å². The van der Waals surface area contributed by atoms with Crippen LogP contribution in [0.5, 0.6) is 0 Å². The molecule has 0 aliphatic heterocycles. The van der Waals surface area contributed by atoms with Gasteiger partial charge in [0.15, 0.2) is 11.0 Å². The van der Waals surface area contributed by atoms with Crippen LogP contribution in [0.25, 0.3) is 0 Å². The van der Waals surface area contributed by atoms with E-state index in [0.717, 1.165) is 12.1 Å². The number of carbonyl (C=O) groups excluding carboxylic acids is 1.